The first-order valence-electron chi connectivity index (χ1n) is 9.29. The van der Waals surface area contributed by atoms with Gasteiger partial charge in [-0.2, -0.15) is 0 Å². The molecule has 0 saturated carbocycles. The van der Waals surface area contributed by atoms with E-state index in [2.05, 4.69) is 12.2 Å². The maximum atomic E-state index is 12.7. The third-order valence-corrected chi connectivity index (χ3v) is 5.52. The highest BCUT2D eigenvalue weighted by Crippen LogP contribution is 2.26. The molecule has 0 radical (unpaired) electrons. The molecule has 1 aromatic carbocycles. The molecule has 2 fully saturated rings. The van der Waals surface area contributed by atoms with Crippen LogP contribution < -0.4 is 10.1 Å². The molecule has 2 aliphatic heterocycles. The van der Waals surface area contributed by atoms with Gasteiger partial charge in [0.2, 0.25) is 5.91 Å². The van der Waals surface area contributed by atoms with Crippen molar-refractivity contribution >= 4 is 11.7 Å². The highest BCUT2D eigenvalue weighted by molar-refractivity contribution is 5.98. The summed E-state index contributed by atoms with van der Waals surface area (Å²) in [5, 5.41) is 3.39. The molecule has 0 spiro atoms. The number of rotatable bonds is 4. The first kappa shape index (κ1) is 17.9. The van der Waals surface area contributed by atoms with Crippen molar-refractivity contribution < 1.29 is 14.3 Å². The maximum absolute atomic E-state index is 12.7. The number of nitrogens with zero attached hydrogens (tertiary/aromatic N) is 1. The Hall–Kier alpha value is -1.88. The fraction of sp³-hybridized carbons (Fsp3) is 0.600. The molecule has 2 heterocycles. The van der Waals surface area contributed by atoms with Crippen LogP contribution in [0.2, 0.25) is 0 Å². The lowest BCUT2D eigenvalue weighted by atomic mass is 9.87. The third kappa shape index (κ3) is 4.21. The number of methoxy groups -OCH3 is 1. The van der Waals surface area contributed by atoms with Crippen LogP contribution in [0.4, 0.5) is 0 Å². The molecule has 0 aromatic heterocycles. The van der Waals surface area contributed by atoms with Crippen LogP contribution in [0.25, 0.3) is 0 Å². The van der Waals surface area contributed by atoms with Gasteiger partial charge in [0.15, 0.2) is 5.78 Å². The molecule has 25 heavy (non-hydrogen) atoms. The fourth-order valence-electron chi connectivity index (χ4n) is 3.97. The zero-order valence-electron chi connectivity index (χ0n) is 15.2. The summed E-state index contributed by atoms with van der Waals surface area (Å²) in [4.78, 5) is 27.4. The molecule has 3 rings (SSSR count). The Morgan fingerprint density at radius 2 is 1.76 bits per heavy atom. The number of hydrogen-bond donors (Lipinski definition) is 1. The number of ketones is 1. The smallest absolute Gasteiger partial charge is 0.225 e. The van der Waals surface area contributed by atoms with E-state index in [1.807, 2.05) is 29.2 Å². The maximum Gasteiger partial charge on any atom is 0.225 e. The first-order chi connectivity index (χ1) is 12.1. The van der Waals surface area contributed by atoms with Crippen molar-refractivity contribution in [3.05, 3.63) is 29.8 Å². The zero-order chi connectivity index (χ0) is 17.8. The minimum Gasteiger partial charge on any atom is -0.497 e. The van der Waals surface area contributed by atoms with Crippen molar-refractivity contribution in [2.24, 2.45) is 11.8 Å². The first-order valence-corrected chi connectivity index (χ1v) is 9.29. The normalized spacial score (nSPS) is 24.8. The second kappa shape index (κ2) is 8.00. The predicted molar refractivity (Wildman–Crippen MR) is 96.8 cm³/mol. The summed E-state index contributed by atoms with van der Waals surface area (Å²) in [6.45, 7) is 4.45. The Morgan fingerprint density at radius 1 is 1.08 bits per heavy atom. The van der Waals surface area contributed by atoms with Crippen molar-refractivity contribution in [1.29, 1.82) is 0 Å². The standard InChI is InChI=1S/C20H28N2O3/c1-14-13-17(7-10-21-14)20(24)22-11-8-16(9-12-22)19(23)15-3-5-18(25-2)6-4-15/h3-6,14,16-17,21H,7-13H2,1-2H3/t14-,17-/m0/s1. The number of likely N-dealkylation sites (tertiary alicyclic amines) is 1. The van der Waals surface area contributed by atoms with Gasteiger partial charge < -0.3 is 15.0 Å². The van der Waals surface area contributed by atoms with Crippen LogP contribution >= 0.6 is 0 Å². The second-order valence-electron chi connectivity index (χ2n) is 7.27. The molecular weight excluding hydrogens is 316 g/mol. The molecule has 0 aliphatic carbocycles. The van der Waals surface area contributed by atoms with Gasteiger partial charge in [-0.05, 0) is 63.4 Å². The SMILES string of the molecule is COc1ccc(C(=O)C2CCN(C(=O)[C@H]3CCN[C@@H](C)C3)CC2)cc1. The van der Waals surface area contributed by atoms with Gasteiger partial charge in [0.1, 0.15) is 5.75 Å². The van der Waals surface area contributed by atoms with Crippen LogP contribution in [0.5, 0.6) is 5.75 Å². The number of ether oxygens (including phenoxy) is 1. The molecule has 1 amide bonds. The number of carbonyl (C=O) groups is 2. The van der Waals surface area contributed by atoms with Crippen molar-refractivity contribution in [2.45, 2.75) is 38.6 Å². The average Bonchev–Trinajstić information content (AvgIpc) is 2.67. The summed E-state index contributed by atoms with van der Waals surface area (Å²) in [5.41, 5.74) is 0.734. The largest absolute Gasteiger partial charge is 0.497 e. The molecule has 0 bridgehead atoms. The van der Waals surface area contributed by atoms with Crippen LogP contribution in [0.15, 0.2) is 24.3 Å². The Morgan fingerprint density at radius 3 is 2.36 bits per heavy atom. The van der Waals surface area contributed by atoms with Crippen LogP contribution in [0, 0.1) is 11.8 Å². The summed E-state index contributed by atoms with van der Waals surface area (Å²) in [6.07, 6.45) is 3.37. The van der Waals surface area contributed by atoms with Crippen LogP contribution in [0.3, 0.4) is 0 Å². The summed E-state index contributed by atoms with van der Waals surface area (Å²) >= 11 is 0. The predicted octanol–water partition coefficient (Wildman–Crippen LogP) is 2.50. The molecule has 5 nitrogen and oxygen atoms in total. The van der Waals surface area contributed by atoms with Gasteiger partial charge in [-0.1, -0.05) is 0 Å². The van der Waals surface area contributed by atoms with E-state index < -0.39 is 0 Å². The Kier molecular flexibility index (Phi) is 5.74. The van der Waals surface area contributed by atoms with Crippen LogP contribution in [-0.2, 0) is 4.79 Å². The van der Waals surface area contributed by atoms with E-state index in [9.17, 15) is 9.59 Å². The summed E-state index contributed by atoms with van der Waals surface area (Å²) < 4.78 is 5.14. The van der Waals surface area contributed by atoms with Gasteiger partial charge >= 0.3 is 0 Å². The molecule has 0 unspecified atom stereocenters. The molecule has 2 aliphatic rings. The third-order valence-electron chi connectivity index (χ3n) is 5.52. The van der Waals surface area contributed by atoms with E-state index in [4.69, 9.17) is 4.74 Å². The van der Waals surface area contributed by atoms with E-state index >= 15 is 0 Å². The van der Waals surface area contributed by atoms with Gasteiger partial charge in [-0.15, -0.1) is 0 Å². The Labute approximate surface area is 149 Å². The highest BCUT2D eigenvalue weighted by atomic mass is 16.5. The number of nitrogens with one attached hydrogen (secondary N) is 1. The van der Waals surface area contributed by atoms with E-state index in [1.54, 1.807) is 7.11 Å². The summed E-state index contributed by atoms with van der Waals surface area (Å²) in [5.74, 6) is 1.39. The molecule has 5 heteroatoms. The lowest BCUT2D eigenvalue weighted by Crippen LogP contribution is -2.47. The second-order valence-corrected chi connectivity index (χ2v) is 7.27. The van der Waals surface area contributed by atoms with Crippen molar-refractivity contribution in [3.8, 4) is 5.75 Å². The molecule has 1 aromatic rings. The van der Waals surface area contributed by atoms with Crippen molar-refractivity contribution in [2.75, 3.05) is 26.7 Å². The number of carbonyl (C=O) groups excluding carboxylic acids is 2. The minimum absolute atomic E-state index is 0.0180. The quantitative estimate of drug-likeness (QED) is 0.853. The van der Waals surface area contributed by atoms with E-state index in [-0.39, 0.29) is 23.5 Å². The summed E-state index contributed by atoms with van der Waals surface area (Å²) in [6, 6.07) is 7.72. The van der Waals surface area contributed by atoms with Gasteiger partial charge in [0.05, 0.1) is 7.11 Å². The van der Waals surface area contributed by atoms with Gasteiger partial charge in [-0.3, -0.25) is 9.59 Å². The average molecular weight is 344 g/mol. The molecular formula is C20H28N2O3. The molecule has 2 atom stereocenters. The Bertz CT molecular complexity index is 606. The number of piperidine rings is 2. The highest BCUT2D eigenvalue weighted by Gasteiger charge is 2.32. The van der Waals surface area contributed by atoms with Crippen LogP contribution in [0.1, 0.15) is 43.0 Å². The number of benzene rings is 1. The lowest BCUT2D eigenvalue weighted by Gasteiger charge is -2.36. The minimum atomic E-state index is 0.0180. The van der Waals surface area contributed by atoms with E-state index in [0.29, 0.717) is 19.1 Å². The van der Waals surface area contributed by atoms with Gasteiger partial charge in [-0.25, -0.2) is 0 Å². The zero-order valence-corrected chi connectivity index (χ0v) is 15.2. The topological polar surface area (TPSA) is 58.6 Å². The fourth-order valence-corrected chi connectivity index (χ4v) is 3.97. The summed E-state index contributed by atoms with van der Waals surface area (Å²) in [7, 11) is 1.62. The molecule has 2 saturated heterocycles. The van der Waals surface area contributed by atoms with Crippen molar-refractivity contribution in [3.63, 3.8) is 0 Å². The number of hydrogen-bond acceptors (Lipinski definition) is 4. The van der Waals surface area contributed by atoms with Gasteiger partial charge in [0, 0.05) is 36.5 Å². The molecule has 1 N–H and O–H groups in total. The van der Waals surface area contributed by atoms with Crippen LogP contribution in [-0.4, -0.2) is 49.4 Å². The Balaban J connectivity index is 1.54. The monoisotopic (exact) mass is 344 g/mol. The van der Waals surface area contributed by atoms with E-state index in [0.717, 1.165) is 43.5 Å². The molecule has 136 valence electrons. The van der Waals surface area contributed by atoms with Gasteiger partial charge in [0.25, 0.3) is 0 Å². The van der Waals surface area contributed by atoms with E-state index in [1.165, 1.54) is 0 Å². The number of amides is 1. The van der Waals surface area contributed by atoms with Crippen molar-refractivity contribution in [1.82, 2.24) is 10.2 Å². The lowest BCUT2D eigenvalue weighted by molar-refractivity contribution is -0.138. The number of Topliss-reactive ketones (excluding diaryl/α,β-unsaturated/α-hetero) is 1.